The molecule has 0 bridgehead atoms. The van der Waals surface area contributed by atoms with Crippen LogP contribution in [0.5, 0.6) is 11.5 Å². The van der Waals surface area contributed by atoms with Crippen molar-refractivity contribution in [3.63, 3.8) is 0 Å². The Morgan fingerprint density at radius 2 is 1.61 bits per heavy atom. The number of Topliss-reactive ketones (excluding diaryl/α,β-unsaturated/α-hetero) is 1. The maximum Gasteiger partial charge on any atom is 0.183 e. The molecule has 1 atom stereocenters. The molecule has 0 aromatic heterocycles. The molecule has 0 heterocycles. The smallest absolute Gasteiger partial charge is 0.183 e. The van der Waals surface area contributed by atoms with Crippen LogP contribution >= 0.6 is 15.9 Å². The average Bonchev–Trinajstić information content (AvgIpc) is 2.62. The molecule has 0 saturated heterocycles. The Bertz CT molecular complexity index is 594. The molecular weight excluding hydrogens is 360 g/mol. The first-order valence-electron chi connectivity index (χ1n) is 7.07. The van der Waals surface area contributed by atoms with Crippen molar-refractivity contribution in [3.05, 3.63) is 60.2 Å². The van der Waals surface area contributed by atoms with Crippen LogP contribution in [0.4, 0.5) is 0 Å². The van der Waals surface area contributed by atoms with Gasteiger partial charge in [0.2, 0.25) is 0 Å². The van der Waals surface area contributed by atoms with Gasteiger partial charge in [0.1, 0.15) is 22.6 Å². The normalized spacial score (nSPS) is 10.9. The fourth-order valence-electron chi connectivity index (χ4n) is 1.53. The van der Waals surface area contributed by atoms with E-state index in [1.807, 2.05) is 37.3 Å². The molecular formula is C18H19BrO4. The van der Waals surface area contributed by atoms with Gasteiger partial charge in [-0.2, -0.15) is 0 Å². The number of halogens is 1. The van der Waals surface area contributed by atoms with E-state index < -0.39 is 4.83 Å². The van der Waals surface area contributed by atoms with Crippen LogP contribution in [-0.4, -0.2) is 30.6 Å². The van der Waals surface area contributed by atoms with E-state index in [4.69, 9.17) is 4.74 Å². The highest BCUT2D eigenvalue weighted by atomic mass is 79.9. The number of rotatable bonds is 6. The summed E-state index contributed by atoms with van der Waals surface area (Å²) in [5.41, 5.74) is 0.467. The second-order valence-corrected chi connectivity index (χ2v) is 5.41. The molecule has 1 unspecified atom stereocenters. The van der Waals surface area contributed by atoms with Gasteiger partial charge in [-0.25, -0.2) is 0 Å². The molecule has 0 aliphatic carbocycles. The van der Waals surface area contributed by atoms with Crippen molar-refractivity contribution in [3.8, 4) is 11.5 Å². The predicted molar refractivity (Wildman–Crippen MR) is 93.6 cm³/mol. The van der Waals surface area contributed by atoms with Crippen LogP contribution in [0.2, 0.25) is 0 Å². The highest BCUT2D eigenvalue weighted by Gasteiger charge is 2.15. The largest absolute Gasteiger partial charge is 0.457 e. The minimum Gasteiger partial charge on any atom is -0.457 e. The molecule has 2 aromatic carbocycles. The Labute approximate surface area is 144 Å². The molecule has 0 saturated carbocycles. The molecule has 5 heteroatoms. The SMILES string of the molecule is CCOC.O=CC(Br)C(=O)c1ccc(Oc2ccccc2)cc1. The van der Waals surface area contributed by atoms with Gasteiger partial charge in [0.25, 0.3) is 0 Å². The zero-order chi connectivity index (χ0) is 17.1. The number of carbonyl (C=O) groups excluding carboxylic acids is 2. The number of para-hydroxylation sites is 1. The third kappa shape index (κ3) is 6.76. The molecule has 122 valence electrons. The van der Waals surface area contributed by atoms with Crippen LogP contribution in [0.3, 0.4) is 0 Å². The first kappa shape index (κ1) is 19.1. The molecule has 0 aliphatic rings. The molecule has 0 amide bonds. The van der Waals surface area contributed by atoms with Gasteiger partial charge in [-0.15, -0.1) is 0 Å². The van der Waals surface area contributed by atoms with E-state index in [-0.39, 0.29) is 5.78 Å². The molecule has 0 spiro atoms. The maximum absolute atomic E-state index is 11.7. The average molecular weight is 379 g/mol. The van der Waals surface area contributed by atoms with E-state index in [1.54, 1.807) is 31.4 Å². The first-order chi connectivity index (χ1) is 11.1. The fraction of sp³-hybridized carbons (Fsp3) is 0.222. The lowest BCUT2D eigenvalue weighted by Gasteiger charge is -2.06. The van der Waals surface area contributed by atoms with E-state index in [0.717, 1.165) is 12.4 Å². The second-order valence-electron chi connectivity index (χ2n) is 4.42. The number of ether oxygens (including phenoxy) is 2. The molecule has 0 N–H and O–H groups in total. The summed E-state index contributed by atoms with van der Waals surface area (Å²) >= 11 is 3.00. The Morgan fingerprint density at radius 1 is 1.09 bits per heavy atom. The first-order valence-corrected chi connectivity index (χ1v) is 7.99. The molecule has 0 fully saturated rings. The summed E-state index contributed by atoms with van der Waals surface area (Å²) in [6.07, 6.45) is 0.566. The highest BCUT2D eigenvalue weighted by molar-refractivity contribution is 9.10. The monoisotopic (exact) mass is 378 g/mol. The van der Waals surface area contributed by atoms with Crippen LogP contribution in [0, 0.1) is 0 Å². The van der Waals surface area contributed by atoms with Gasteiger partial charge < -0.3 is 14.3 Å². The lowest BCUT2D eigenvalue weighted by atomic mass is 10.1. The predicted octanol–water partition coefficient (Wildman–Crippen LogP) is 4.28. The van der Waals surface area contributed by atoms with E-state index in [2.05, 4.69) is 20.7 Å². The number of alkyl halides is 1. The minimum atomic E-state index is -0.798. The minimum absolute atomic E-state index is 0.263. The molecule has 2 aromatic rings. The van der Waals surface area contributed by atoms with Gasteiger partial charge in [-0.05, 0) is 43.3 Å². The molecule has 0 radical (unpaired) electrons. The lowest BCUT2D eigenvalue weighted by molar-refractivity contribution is -0.106. The number of carbonyl (C=O) groups is 2. The Balaban J connectivity index is 0.000000593. The Morgan fingerprint density at radius 3 is 2.09 bits per heavy atom. The Hall–Kier alpha value is -1.98. The highest BCUT2D eigenvalue weighted by Crippen LogP contribution is 2.21. The van der Waals surface area contributed by atoms with Gasteiger partial charge >= 0.3 is 0 Å². The summed E-state index contributed by atoms with van der Waals surface area (Å²) < 4.78 is 10.1. The standard InChI is InChI=1S/C15H11BrO3.C3H8O/c16-14(10-17)15(18)11-6-8-13(9-7-11)19-12-4-2-1-3-5-12;1-3-4-2/h1-10,14H;3H2,1-2H3. The van der Waals surface area contributed by atoms with E-state index in [9.17, 15) is 9.59 Å². The fourth-order valence-corrected chi connectivity index (χ4v) is 1.80. The molecule has 4 nitrogen and oxygen atoms in total. The number of hydrogen-bond donors (Lipinski definition) is 0. The third-order valence-electron chi connectivity index (χ3n) is 2.78. The van der Waals surface area contributed by atoms with Crippen molar-refractivity contribution in [2.45, 2.75) is 11.8 Å². The molecule has 2 rings (SSSR count). The van der Waals surface area contributed by atoms with Crippen molar-refractivity contribution >= 4 is 28.0 Å². The summed E-state index contributed by atoms with van der Waals surface area (Å²) in [6.45, 7) is 2.78. The van der Waals surface area contributed by atoms with Gasteiger partial charge in [0.15, 0.2) is 5.78 Å². The van der Waals surface area contributed by atoms with Crippen LogP contribution in [0.15, 0.2) is 54.6 Å². The second kappa shape index (κ2) is 10.7. The van der Waals surface area contributed by atoms with Crippen molar-refractivity contribution < 1.29 is 19.1 Å². The third-order valence-corrected chi connectivity index (χ3v) is 3.41. The topological polar surface area (TPSA) is 52.6 Å². The van der Waals surface area contributed by atoms with Gasteiger partial charge in [0, 0.05) is 19.3 Å². The number of ketones is 1. The van der Waals surface area contributed by atoms with Crippen molar-refractivity contribution in [1.82, 2.24) is 0 Å². The van der Waals surface area contributed by atoms with Crippen molar-refractivity contribution in [2.75, 3.05) is 13.7 Å². The molecule has 23 heavy (non-hydrogen) atoms. The van der Waals surface area contributed by atoms with Crippen LogP contribution < -0.4 is 4.74 Å². The lowest BCUT2D eigenvalue weighted by Crippen LogP contribution is -2.15. The van der Waals surface area contributed by atoms with E-state index in [0.29, 0.717) is 17.6 Å². The zero-order valence-corrected chi connectivity index (χ0v) is 14.7. The van der Waals surface area contributed by atoms with Crippen molar-refractivity contribution in [2.24, 2.45) is 0 Å². The van der Waals surface area contributed by atoms with Gasteiger partial charge in [-0.1, -0.05) is 34.1 Å². The van der Waals surface area contributed by atoms with E-state index in [1.165, 1.54) is 0 Å². The summed E-state index contributed by atoms with van der Waals surface area (Å²) in [7, 11) is 1.68. The molecule has 0 aliphatic heterocycles. The number of hydrogen-bond acceptors (Lipinski definition) is 4. The summed E-state index contributed by atoms with van der Waals surface area (Å²) in [5, 5.41) is 0. The van der Waals surface area contributed by atoms with Crippen LogP contribution in [0.25, 0.3) is 0 Å². The number of methoxy groups -OCH3 is 1. The summed E-state index contributed by atoms with van der Waals surface area (Å²) in [4.78, 5) is 21.5. The summed E-state index contributed by atoms with van der Waals surface area (Å²) in [6, 6.07) is 16.0. The van der Waals surface area contributed by atoms with Crippen LogP contribution in [0.1, 0.15) is 17.3 Å². The Kier molecular flexibility index (Phi) is 8.87. The summed E-state index contributed by atoms with van der Waals surface area (Å²) in [5.74, 6) is 1.11. The van der Waals surface area contributed by atoms with E-state index >= 15 is 0 Å². The maximum atomic E-state index is 11.7. The number of benzene rings is 2. The van der Waals surface area contributed by atoms with Crippen LogP contribution in [-0.2, 0) is 9.53 Å². The van der Waals surface area contributed by atoms with Gasteiger partial charge in [-0.3, -0.25) is 4.79 Å². The van der Waals surface area contributed by atoms with Crippen molar-refractivity contribution in [1.29, 1.82) is 0 Å². The zero-order valence-electron chi connectivity index (χ0n) is 13.1. The number of aldehydes is 1. The van der Waals surface area contributed by atoms with Gasteiger partial charge in [0.05, 0.1) is 0 Å². The quantitative estimate of drug-likeness (QED) is 0.325.